The number of halogens is 3. The van der Waals surface area contributed by atoms with E-state index in [2.05, 4.69) is 363 Å². The van der Waals surface area contributed by atoms with Crippen molar-refractivity contribution in [3.63, 3.8) is 0 Å². The Bertz CT molecular complexity index is 5260. The number of aryl methyl sites for hydroxylation is 3. The van der Waals surface area contributed by atoms with Gasteiger partial charge in [0, 0.05) is 28.3 Å². The van der Waals surface area contributed by atoms with Crippen molar-refractivity contribution in [2.45, 2.75) is 51.1 Å². The van der Waals surface area contributed by atoms with Crippen LogP contribution in [0.2, 0.25) is 0 Å². The topological polar surface area (TPSA) is 12.0 Å². The van der Waals surface area contributed by atoms with Gasteiger partial charge < -0.3 is 26.8 Å². The van der Waals surface area contributed by atoms with Crippen molar-refractivity contribution in [1.29, 1.82) is 0 Å². The molecule has 96 heavy (non-hydrogen) atoms. The van der Waals surface area contributed by atoms with Crippen LogP contribution < -0.4 is 22.3 Å². The molecule has 0 unspecified atom stereocenters. The van der Waals surface area contributed by atoms with Crippen molar-refractivity contribution in [1.82, 2.24) is 5.32 Å². The summed E-state index contributed by atoms with van der Waals surface area (Å²) in [6.45, 7) is 9.42. The van der Waals surface area contributed by atoms with Gasteiger partial charge in [0.2, 0.25) is 0 Å². The Morgan fingerprint density at radius 1 is 0.250 bits per heavy atom. The van der Waals surface area contributed by atoms with Crippen molar-refractivity contribution in [2.75, 3.05) is 21.1 Å². The number of nitrogens with one attached hydrogen (secondary N) is 1. The average Bonchev–Trinajstić information content (AvgIpc) is 0.774. The summed E-state index contributed by atoms with van der Waals surface area (Å²) in [4.78, 5) is 0. The molecule has 0 aliphatic heterocycles. The van der Waals surface area contributed by atoms with Gasteiger partial charge in [-0.25, -0.2) is 0 Å². The number of alkyl halides is 2. The maximum absolute atomic E-state index is 3.69. The molecule has 0 radical (unpaired) electrons. The van der Waals surface area contributed by atoms with E-state index in [1.54, 1.807) is 0 Å². The minimum Gasteiger partial charge on any atom is -1.00 e. The number of benzene rings is 16. The fourth-order valence-electron chi connectivity index (χ4n) is 15.0. The Labute approximate surface area is 592 Å². The van der Waals surface area contributed by atoms with Crippen molar-refractivity contribution < 1.29 is 21.5 Å². The van der Waals surface area contributed by atoms with Crippen molar-refractivity contribution >= 4 is 118 Å². The molecule has 0 aromatic heterocycles. The van der Waals surface area contributed by atoms with Crippen molar-refractivity contribution in [3.8, 4) is 44.5 Å². The van der Waals surface area contributed by atoms with Crippen LogP contribution in [0.25, 0.3) is 131 Å². The van der Waals surface area contributed by atoms with Crippen LogP contribution in [-0.2, 0) is 30.3 Å². The molecule has 0 atom stereocenters. The normalized spacial score (nSPS) is 11.5. The lowest BCUT2D eigenvalue weighted by atomic mass is 9.86. The maximum Gasteiger partial charge on any atom is 0.105 e. The van der Waals surface area contributed by atoms with E-state index in [0.717, 1.165) is 34.8 Å². The highest BCUT2D eigenvalue weighted by atomic mass is 79.9. The lowest BCUT2D eigenvalue weighted by Gasteiger charge is -2.33. The molecule has 2 nitrogen and oxygen atoms in total. The Kier molecular flexibility index (Phi) is 19.6. The average molecular weight is 1440 g/mol. The number of hydrogen-bond donors (Lipinski definition) is 1. The van der Waals surface area contributed by atoms with E-state index in [0.29, 0.717) is 0 Å². The SMILES string of the molecule is BrCc1ccc2ccccc2c1-c1c(CBr)ccc2ccccc12.CNCc1ccc2ccccc2c1-c1c(C)ccc2ccccc12.Cc1ccc2ccccc2c1-c1c(C[N+](C)(C)Cc2ccc3ccccc3c2-c2c(C)ccc3ccccc23)ccc2ccccc12.[Br-]. The van der Waals surface area contributed by atoms with Crippen LogP contribution in [0.4, 0.5) is 0 Å². The number of fused-ring (bicyclic) bond motifs is 8. The van der Waals surface area contributed by atoms with Gasteiger partial charge in [-0.1, -0.05) is 323 Å². The molecule has 0 spiro atoms. The second-order valence-corrected chi connectivity index (χ2v) is 27.2. The van der Waals surface area contributed by atoms with Gasteiger partial charge >= 0.3 is 0 Å². The zero-order valence-corrected chi connectivity index (χ0v) is 60.1. The van der Waals surface area contributed by atoms with Gasteiger partial charge in [0.1, 0.15) is 13.1 Å². The van der Waals surface area contributed by atoms with Gasteiger partial charge in [-0.15, -0.1) is 0 Å². The first-order chi connectivity index (χ1) is 46.5. The highest BCUT2D eigenvalue weighted by molar-refractivity contribution is 9.08. The number of quaternary nitrogens is 1. The van der Waals surface area contributed by atoms with Crippen LogP contribution in [0.5, 0.6) is 0 Å². The molecule has 0 saturated carbocycles. The minimum absolute atomic E-state index is 0. The van der Waals surface area contributed by atoms with Crippen molar-refractivity contribution in [3.05, 3.63) is 336 Å². The summed E-state index contributed by atoms with van der Waals surface area (Å²) >= 11 is 7.38. The molecule has 0 aliphatic carbocycles. The lowest BCUT2D eigenvalue weighted by Crippen LogP contribution is -3.00. The summed E-state index contributed by atoms with van der Waals surface area (Å²) in [5, 5.41) is 25.9. The quantitative estimate of drug-likeness (QED) is 0.0950. The molecule has 472 valence electrons. The van der Waals surface area contributed by atoms with E-state index in [1.165, 1.54) is 175 Å². The van der Waals surface area contributed by atoms with Crippen LogP contribution in [0.1, 0.15) is 44.5 Å². The first-order valence-corrected chi connectivity index (χ1v) is 35.3. The molecule has 0 amide bonds. The summed E-state index contributed by atoms with van der Waals surface area (Å²) in [6.07, 6.45) is 0. The lowest BCUT2D eigenvalue weighted by molar-refractivity contribution is -0.916. The predicted octanol–water partition coefficient (Wildman–Crippen LogP) is 22.2. The molecule has 0 fully saturated rings. The van der Waals surface area contributed by atoms with Gasteiger partial charge in [0.15, 0.2) is 0 Å². The molecule has 16 rings (SSSR count). The van der Waals surface area contributed by atoms with E-state index in [4.69, 9.17) is 0 Å². The first-order valence-electron chi connectivity index (χ1n) is 33.1. The summed E-state index contributed by atoms with van der Waals surface area (Å²) in [5.74, 6) is 0. The third kappa shape index (κ3) is 12.8. The van der Waals surface area contributed by atoms with Gasteiger partial charge in [-0.2, -0.15) is 0 Å². The Morgan fingerprint density at radius 2 is 0.448 bits per heavy atom. The standard InChI is InChI=1S/C46H40N.C23H21N.C22H16Br2.BrH/c1-31-21-23-33-13-5-9-17-39(33)43(31)45-37(27-25-35-15-7-11-19-41(35)45)29-47(3,4)30-38-28-26-36-16-8-12-20-42(36)46(38)44-32(2)22-24-34-14-6-10-18-40(34)44;1-16-11-12-17-7-3-5-9-20(17)22(16)23-19(15-24-2)14-13-18-8-4-6-10-21(18)23;23-13-17-11-9-15-5-1-3-7-19(15)21(17)22-18(14-24)12-10-16-6-2-4-8-20(16)22;/h5-28H,29-30H2,1-4H3;3-14,24H,15H2,1-2H3;1-12H,13-14H2;1H/q+1;;;/p-1. The highest BCUT2D eigenvalue weighted by Crippen LogP contribution is 2.45. The third-order valence-electron chi connectivity index (χ3n) is 19.3. The van der Waals surface area contributed by atoms with E-state index < -0.39 is 0 Å². The van der Waals surface area contributed by atoms with Gasteiger partial charge in [0.05, 0.1) is 14.1 Å². The molecule has 1 N–H and O–H groups in total. The molecule has 0 aliphatic rings. The van der Waals surface area contributed by atoms with E-state index >= 15 is 0 Å². The van der Waals surface area contributed by atoms with Crippen LogP contribution >= 0.6 is 31.9 Å². The van der Waals surface area contributed by atoms with Crippen LogP contribution in [0, 0.1) is 20.8 Å². The maximum atomic E-state index is 3.69. The summed E-state index contributed by atoms with van der Waals surface area (Å²) in [5.41, 5.74) is 21.6. The summed E-state index contributed by atoms with van der Waals surface area (Å²) in [6, 6.07) is 106. The predicted molar refractivity (Wildman–Crippen MR) is 419 cm³/mol. The second-order valence-electron chi connectivity index (χ2n) is 26.1. The van der Waals surface area contributed by atoms with Crippen LogP contribution in [-0.4, -0.2) is 25.6 Å². The molecule has 5 heteroatoms. The van der Waals surface area contributed by atoms with E-state index in [9.17, 15) is 0 Å². The Hall–Kier alpha value is -9.04. The molecule has 0 saturated heterocycles. The molecule has 16 aromatic carbocycles. The minimum atomic E-state index is 0. The molecular formula is C91H77Br3N2. The molecular weight excluding hydrogens is 1360 g/mol. The first kappa shape index (κ1) is 65.6. The Morgan fingerprint density at radius 3 is 0.698 bits per heavy atom. The molecule has 0 bridgehead atoms. The zero-order chi connectivity index (χ0) is 65.2. The molecule has 0 heterocycles. The number of nitrogens with zero attached hydrogens (tertiary/aromatic N) is 1. The van der Waals surface area contributed by atoms with Gasteiger partial charge in [-0.05, 0) is 192 Å². The van der Waals surface area contributed by atoms with Gasteiger partial charge in [-0.3, -0.25) is 0 Å². The van der Waals surface area contributed by atoms with Crippen LogP contribution in [0.3, 0.4) is 0 Å². The van der Waals surface area contributed by atoms with Gasteiger partial charge in [0.25, 0.3) is 0 Å². The Balaban J connectivity index is 0.000000143. The summed E-state index contributed by atoms with van der Waals surface area (Å²) in [7, 11) is 6.79. The number of rotatable bonds is 12. The number of hydrogen-bond acceptors (Lipinski definition) is 1. The molecule has 16 aromatic rings. The fraction of sp³-hybridized carbons (Fsp3) is 0.121. The van der Waals surface area contributed by atoms with E-state index in [-0.39, 0.29) is 17.0 Å². The monoisotopic (exact) mass is 1430 g/mol. The second kappa shape index (κ2) is 28.7. The highest BCUT2D eigenvalue weighted by Gasteiger charge is 2.26. The third-order valence-corrected chi connectivity index (χ3v) is 20.5. The zero-order valence-electron chi connectivity index (χ0n) is 55.3. The smallest absolute Gasteiger partial charge is 0.105 e. The van der Waals surface area contributed by atoms with E-state index in [1.807, 2.05) is 7.05 Å². The largest absolute Gasteiger partial charge is 1.00 e. The van der Waals surface area contributed by atoms with Crippen LogP contribution in [0.15, 0.2) is 291 Å². The summed E-state index contributed by atoms with van der Waals surface area (Å²) < 4.78 is 0.824. The fourth-order valence-corrected chi connectivity index (χ4v) is 15.9. The van der Waals surface area contributed by atoms with Crippen molar-refractivity contribution in [2.24, 2.45) is 0 Å².